The molecule has 0 bridgehead atoms. The lowest BCUT2D eigenvalue weighted by molar-refractivity contribution is 0.949. The Morgan fingerprint density at radius 3 is 3.18 bits per heavy atom. The smallest absolute Gasteiger partial charge is 0.156 e. The van der Waals surface area contributed by atoms with Gasteiger partial charge in [-0.1, -0.05) is 0 Å². The standard InChI is InChI=1S/C7H6IN3/c1-5-3-11-7(2-6(5)8)9-4-10-11/h2-4H,1H3. The minimum absolute atomic E-state index is 0.903. The number of fused-ring (bicyclic) bond motifs is 1. The Bertz CT molecular complexity index is 357. The van der Waals surface area contributed by atoms with Gasteiger partial charge in [0.2, 0.25) is 0 Å². The van der Waals surface area contributed by atoms with Crippen LogP contribution in [0.5, 0.6) is 0 Å². The second kappa shape index (κ2) is 2.44. The molecule has 0 atom stereocenters. The Labute approximate surface area is 77.6 Å². The zero-order valence-electron chi connectivity index (χ0n) is 5.95. The molecular formula is C7H6IN3. The first kappa shape index (κ1) is 7.02. The van der Waals surface area contributed by atoms with Gasteiger partial charge in [-0.15, -0.1) is 0 Å². The van der Waals surface area contributed by atoms with Gasteiger partial charge in [0.25, 0.3) is 0 Å². The predicted molar refractivity (Wildman–Crippen MR) is 50.4 cm³/mol. The normalized spacial score (nSPS) is 10.7. The van der Waals surface area contributed by atoms with Crippen molar-refractivity contribution in [1.29, 1.82) is 0 Å². The highest BCUT2D eigenvalue weighted by Gasteiger charge is 1.98. The van der Waals surface area contributed by atoms with Crippen LogP contribution in [0, 0.1) is 10.5 Å². The third kappa shape index (κ3) is 1.11. The second-order valence-electron chi connectivity index (χ2n) is 2.37. The van der Waals surface area contributed by atoms with E-state index in [4.69, 9.17) is 0 Å². The highest BCUT2D eigenvalue weighted by atomic mass is 127. The molecule has 0 aliphatic rings. The summed E-state index contributed by atoms with van der Waals surface area (Å²) in [6, 6.07) is 2.02. The summed E-state index contributed by atoms with van der Waals surface area (Å²) in [7, 11) is 0. The molecule has 0 N–H and O–H groups in total. The first-order valence-electron chi connectivity index (χ1n) is 3.23. The van der Waals surface area contributed by atoms with E-state index >= 15 is 0 Å². The predicted octanol–water partition coefficient (Wildman–Crippen LogP) is 1.64. The minimum atomic E-state index is 0.903. The maximum atomic E-state index is 4.07. The summed E-state index contributed by atoms with van der Waals surface area (Å²) < 4.78 is 3.00. The van der Waals surface area contributed by atoms with Gasteiger partial charge in [0, 0.05) is 9.77 Å². The molecule has 56 valence electrons. The van der Waals surface area contributed by atoms with Crippen LogP contribution in [0.1, 0.15) is 5.56 Å². The summed E-state index contributed by atoms with van der Waals surface area (Å²) in [6.45, 7) is 2.06. The third-order valence-corrected chi connectivity index (χ3v) is 2.71. The third-order valence-electron chi connectivity index (χ3n) is 1.55. The molecule has 0 spiro atoms. The Morgan fingerprint density at radius 1 is 1.55 bits per heavy atom. The molecule has 3 nitrogen and oxygen atoms in total. The van der Waals surface area contributed by atoms with Crippen LogP contribution in [0.3, 0.4) is 0 Å². The molecule has 0 saturated heterocycles. The fourth-order valence-corrected chi connectivity index (χ4v) is 1.35. The fourth-order valence-electron chi connectivity index (χ4n) is 0.934. The number of pyridine rings is 1. The molecule has 0 radical (unpaired) electrons. The van der Waals surface area contributed by atoms with E-state index in [1.54, 1.807) is 10.8 Å². The molecule has 2 rings (SSSR count). The van der Waals surface area contributed by atoms with Crippen LogP contribution in [-0.4, -0.2) is 14.6 Å². The largest absolute Gasteiger partial charge is 0.221 e. The first-order chi connectivity index (χ1) is 5.27. The van der Waals surface area contributed by atoms with E-state index in [9.17, 15) is 0 Å². The Hall–Kier alpha value is -0.650. The summed E-state index contributed by atoms with van der Waals surface area (Å²) in [5.41, 5.74) is 2.13. The zero-order chi connectivity index (χ0) is 7.84. The second-order valence-corrected chi connectivity index (χ2v) is 3.53. The summed E-state index contributed by atoms with van der Waals surface area (Å²) in [5.74, 6) is 0. The van der Waals surface area contributed by atoms with Gasteiger partial charge < -0.3 is 0 Å². The topological polar surface area (TPSA) is 30.2 Å². The number of halogens is 1. The van der Waals surface area contributed by atoms with Crippen molar-refractivity contribution in [3.63, 3.8) is 0 Å². The molecule has 11 heavy (non-hydrogen) atoms. The van der Waals surface area contributed by atoms with E-state index in [0.717, 1.165) is 5.65 Å². The number of rotatable bonds is 0. The summed E-state index contributed by atoms with van der Waals surface area (Å²) >= 11 is 2.29. The first-order valence-corrected chi connectivity index (χ1v) is 4.31. The van der Waals surface area contributed by atoms with Gasteiger partial charge in [0.15, 0.2) is 5.65 Å². The van der Waals surface area contributed by atoms with Crippen molar-refractivity contribution in [2.75, 3.05) is 0 Å². The maximum absolute atomic E-state index is 4.07. The maximum Gasteiger partial charge on any atom is 0.156 e. The van der Waals surface area contributed by atoms with Crippen LogP contribution in [0.4, 0.5) is 0 Å². The van der Waals surface area contributed by atoms with Crippen molar-refractivity contribution in [2.45, 2.75) is 6.92 Å². The molecule has 0 fully saturated rings. The lowest BCUT2D eigenvalue weighted by atomic mass is 10.3. The van der Waals surface area contributed by atoms with E-state index in [-0.39, 0.29) is 0 Å². The van der Waals surface area contributed by atoms with Gasteiger partial charge in [0.05, 0.1) is 0 Å². The van der Waals surface area contributed by atoms with Gasteiger partial charge in [-0.3, -0.25) is 0 Å². The minimum Gasteiger partial charge on any atom is -0.221 e. The monoisotopic (exact) mass is 259 g/mol. The quantitative estimate of drug-likeness (QED) is 0.673. The van der Waals surface area contributed by atoms with Crippen molar-refractivity contribution in [1.82, 2.24) is 14.6 Å². The van der Waals surface area contributed by atoms with Crippen molar-refractivity contribution < 1.29 is 0 Å². The molecular weight excluding hydrogens is 253 g/mol. The summed E-state index contributed by atoms with van der Waals surface area (Å²) in [4.78, 5) is 4.07. The van der Waals surface area contributed by atoms with E-state index < -0.39 is 0 Å². The van der Waals surface area contributed by atoms with Gasteiger partial charge in [0.1, 0.15) is 6.33 Å². The lowest BCUT2D eigenvalue weighted by Crippen LogP contribution is -1.90. The van der Waals surface area contributed by atoms with Crippen LogP contribution >= 0.6 is 22.6 Å². The molecule has 0 saturated carbocycles. The van der Waals surface area contributed by atoms with Gasteiger partial charge in [-0.25, -0.2) is 9.50 Å². The van der Waals surface area contributed by atoms with Crippen molar-refractivity contribution in [3.05, 3.63) is 27.7 Å². The molecule has 0 aliphatic heterocycles. The van der Waals surface area contributed by atoms with Crippen LogP contribution in [-0.2, 0) is 0 Å². The molecule has 0 aliphatic carbocycles. The van der Waals surface area contributed by atoms with E-state index in [0.29, 0.717) is 0 Å². The highest BCUT2D eigenvalue weighted by Crippen LogP contribution is 2.11. The fraction of sp³-hybridized carbons (Fsp3) is 0.143. The molecule has 0 amide bonds. The Balaban J connectivity index is 2.86. The lowest BCUT2D eigenvalue weighted by Gasteiger charge is -1.96. The van der Waals surface area contributed by atoms with Gasteiger partial charge in [-0.2, -0.15) is 5.10 Å². The van der Waals surface area contributed by atoms with Crippen molar-refractivity contribution in [3.8, 4) is 0 Å². The van der Waals surface area contributed by atoms with E-state index in [1.165, 1.54) is 9.13 Å². The van der Waals surface area contributed by atoms with Crippen LogP contribution in [0.2, 0.25) is 0 Å². The number of aryl methyl sites for hydroxylation is 1. The van der Waals surface area contributed by atoms with Crippen LogP contribution in [0.25, 0.3) is 5.65 Å². The Kier molecular flexibility index (Phi) is 1.56. The SMILES string of the molecule is Cc1cn2ncnc2cc1I. The van der Waals surface area contributed by atoms with E-state index in [1.807, 2.05) is 12.3 Å². The molecule has 2 aromatic rings. The molecule has 2 heterocycles. The van der Waals surface area contributed by atoms with Gasteiger partial charge >= 0.3 is 0 Å². The highest BCUT2D eigenvalue weighted by molar-refractivity contribution is 14.1. The molecule has 0 aromatic carbocycles. The zero-order valence-corrected chi connectivity index (χ0v) is 8.11. The van der Waals surface area contributed by atoms with Crippen molar-refractivity contribution in [2.24, 2.45) is 0 Å². The van der Waals surface area contributed by atoms with Crippen LogP contribution < -0.4 is 0 Å². The number of nitrogens with zero attached hydrogens (tertiary/aromatic N) is 3. The van der Waals surface area contributed by atoms with Gasteiger partial charge in [-0.05, 0) is 41.1 Å². The van der Waals surface area contributed by atoms with Crippen molar-refractivity contribution >= 4 is 28.2 Å². The molecule has 4 heteroatoms. The molecule has 2 aromatic heterocycles. The average Bonchev–Trinajstić information content (AvgIpc) is 2.36. The average molecular weight is 259 g/mol. The summed E-state index contributed by atoms with van der Waals surface area (Å²) in [6.07, 6.45) is 3.54. The molecule has 0 unspecified atom stereocenters. The van der Waals surface area contributed by atoms with Crippen LogP contribution in [0.15, 0.2) is 18.6 Å². The Morgan fingerprint density at radius 2 is 2.36 bits per heavy atom. The number of hydrogen-bond acceptors (Lipinski definition) is 2. The summed E-state index contributed by atoms with van der Waals surface area (Å²) in [5, 5.41) is 4.02. The number of hydrogen-bond donors (Lipinski definition) is 0. The van der Waals surface area contributed by atoms with E-state index in [2.05, 4.69) is 39.6 Å². The number of aromatic nitrogens is 3.